The van der Waals surface area contributed by atoms with Crippen LogP contribution in [-0.2, 0) is 4.79 Å². The summed E-state index contributed by atoms with van der Waals surface area (Å²) >= 11 is 0. The Bertz CT molecular complexity index is 398. The summed E-state index contributed by atoms with van der Waals surface area (Å²) in [5.41, 5.74) is 7.93. The molecule has 3 nitrogen and oxygen atoms in total. The first-order valence-electron chi connectivity index (χ1n) is 7.07. The second kappa shape index (κ2) is 7.29. The molecule has 1 aromatic carbocycles. The highest BCUT2D eigenvalue weighted by molar-refractivity contribution is 5.95. The molecule has 2 N–H and O–H groups in total. The van der Waals surface area contributed by atoms with Crippen LogP contribution < -0.4 is 10.6 Å². The third-order valence-electron chi connectivity index (χ3n) is 3.32. The van der Waals surface area contributed by atoms with Gasteiger partial charge in [0, 0.05) is 18.8 Å². The van der Waals surface area contributed by atoms with Crippen molar-refractivity contribution in [1.82, 2.24) is 0 Å². The molecule has 0 heterocycles. The Balaban J connectivity index is 2.89. The van der Waals surface area contributed by atoms with Gasteiger partial charge in [-0.15, -0.1) is 0 Å². The fourth-order valence-electron chi connectivity index (χ4n) is 2.28. The highest BCUT2D eigenvalue weighted by Gasteiger charge is 2.24. The zero-order valence-corrected chi connectivity index (χ0v) is 12.5. The van der Waals surface area contributed by atoms with Gasteiger partial charge >= 0.3 is 0 Å². The van der Waals surface area contributed by atoms with E-state index in [1.54, 1.807) is 0 Å². The average Bonchev–Trinajstić information content (AvgIpc) is 2.38. The van der Waals surface area contributed by atoms with Gasteiger partial charge in [-0.25, -0.2) is 0 Å². The van der Waals surface area contributed by atoms with Crippen LogP contribution in [0.2, 0.25) is 0 Å². The van der Waals surface area contributed by atoms with Gasteiger partial charge in [0.15, 0.2) is 0 Å². The minimum absolute atomic E-state index is 0.0822. The zero-order chi connectivity index (χ0) is 14.4. The van der Waals surface area contributed by atoms with Crippen molar-refractivity contribution >= 4 is 11.6 Å². The Morgan fingerprint density at radius 1 is 1.26 bits per heavy atom. The lowest BCUT2D eigenvalue weighted by atomic mass is 9.95. The molecule has 0 aromatic heterocycles. The summed E-state index contributed by atoms with van der Waals surface area (Å²) < 4.78 is 0. The van der Waals surface area contributed by atoms with Crippen molar-refractivity contribution in [2.24, 2.45) is 17.6 Å². The number of carbonyl (C=O) groups is 1. The van der Waals surface area contributed by atoms with E-state index in [9.17, 15) is 4.79 Å². The number of amides is 1. The summed E-state index contributed by atoms with van der Waals surface area (Å²) in [5, 5.41) is 0. The van der Waals surface area contributed by atoms with E-state index in [0.717, 1.165) is 12.1 Å². The van der Waals surface area contributed by atoms with Gasteiger partial charge in [0.2, 0.25) is 5.91 Å². The molecule has 0 bridgehead atoms. The SMILES string of the molecule is CCN(C(=O)C(CN)CC(C)C)c1ccc(C)cc1. The molecule has 0 saturated heterocycles. The molecule has 1 rings (SSSR count). The van der Waals surface area contributed by atoms with Gasteiger partial charge in [-0.1, -0.05) is 31.5 Å². The molecule has 1 unspecified atom stereocenters. The van der Waals surface area contributed by atoms with Crippen LogP contribution in [0.5, 0.6) is 0 Å². The summed E-state index contributed by atoms with van der Waals surface area (Å²) in [6.07, 6.45) is 0.845. The fourth-order valence-corrected chi connectivity index (χ4v) is 2.28. The van der Waals surface area contributed by atoms with Crippen LogP contribution >= 0.6 is 0 Å². The molecule has 0 spiro atoms. The number of anilines is 1. The molecule has 1 atom stereocenters. The molecule has 0 aliphatic rings. The number of carbonyl (C=O) groups excluding carboxylic acids is 1. The monoisotopic (exact) mass is 262 g/mol. The van der Waals surface area contributed by atoms with Crippen molar-refractivity contribution in [2.45, 2.75) is 34.1 Å². The third kappa shape index (κ3) is 4.35. The number of hydrogen-bond donors (Lipinski definition) is 1. The second-order valence-corrected chi connectivity index (χ2v) is 5.48. The minimum Gasteiger partial charge on any atom is -0.330 e. The van der Waals surface area contributed by atoms with Gasteiger partial charge in [-0.2, -0.15) is 0 Å². The smallest absolute Gasteiger partial charge is 0.231 e. The number of benzene rings is 1. The van der Waals surface area contributed by atoms with Gasteiger partial charge < -0.3 is 10.6 Å². The molecule has 0 aliphatic carbocycles. The Kier molecular flexibility index (Phi) is 6.03. The van der Waals surface area contributed by atoms with Crippen LogP contribution in [0.15, 0.2) is 24.3 Å². The van der Waals surface area contributed by atoms with E-state index in [-0.39, 0.29) is 11.8 Å². The minimum atomic E-state index is -0.0822. The van der Waals surface area contributed by atoms with E-state index in [1.165, 1.54) is 5.56 Å². The summed E-state index contributed by atoms with van der Waals surface area (Å²) in [6.45, 7) is 9.39. The maximum atomic E-state index is 12.6. The number of rotatable bonds is 6. The number of hydrogen-bond acceptors (Lipinski definition) is 2. The van der Waals surface area contributed by atoms with Crippen molar-refractivity contribution in [1.29, 1.82) is 0 Å². The highest BCUT2D eigenvalue weighted by Crippen LogP contribution is 2.20. The third-order valence-corrected chi connectivity index (χ3v) is 3.32. The number of nitrogens with two attached hydrogens (primary N) is 1. The molecule has 1 aromatic rings. The molecule has 3 heteroatoms. The first-order chi connectivity index (χ1) is 8.99. The Morgan fingerprint density at radius 3 is 2.26 bits per heavy atom. The summed E-state index contributed by atoms with van der Waals surface area (Å²) in [6, 6.07) is 8.07. The maximum absolute atomic E-state index is 12.6. The van der Waals surface area contributed by atoms with Crippen LogP contribution in [0.4, 0.5) is 5.69 Å². The van der Waals surface area contributed by atoms with E-state index in [4.69, 9.17) is 5.73 Å². The summed E-state index contributed by atoms with van der Waals surface area (Å²) in [7, 11) is 0. The van der Waals surface area contributed by atoms with Gasteiger partial charge in [0.1, 0.15) is 0 Å². The van der Waals surface area contributed by atoms with Gasteiger partial charge in [-0.3, -0.25) is 4.79 Å². The van der Waals surface area contributed by atoms with E-state index in [0.29, 0.717) is 19.0 Å². The van der Waals surface area contributed by atoms with Crippen molar-refractivity contribution in [2.75, 3.05) is 18.0 Å². The maximum Gasteiger partial charge on any atom is 0.231 e. The molecular formula is C16H26N2O. The van der Waals surface area contributed by atoms with Gasteiger partial charge in [0.25, 0.3) is 0 Å². The molecule has 0 fully saturated rings. The quantitative estimate of drug-likeness (QED) is 0.856. The average molecular weight is 262 g/mol. The summed E-state index contributed by atoms with van der Waals surface area (Å²) in [5.74, 6) is 0.540. The lowest BCUT2D eigenvalue weighted by molar-refractivity contribution is -0.122. The van der Waals surface area contributed by atoms with Crippen molar-refractivity contribution in [3.05, 3.63) is 29.8 Å². The van der Waals surface area contributed by atoms with Crippen LogP contribution in [0.25, 0.3) is 0 Å². The molecule has 19 heavy (non-hydrogen) atoms. The first-order valence-corrected chi connectivity index (χ1v) is 7.07. The van der Waals surface area contributed by atoms with Crippen LogP contribution in [0.1, 0.15) is 32.8 Å². The Morgan fingerprint density at radius 2 is 1.84 bits per heavy atom. The van der Waals surface area contributed by atoms with Crippen LogP contribution in [-0.4, -0.2) is 19.0 Å². The number of aryl methyl sites for hydroxylation is 1. The van der Waals surface area contributed by atoms with E-state index in [2.05, 4.69) is 13.8 Å². The van der Waals surface area contributed by atoms with E-state index < -0.39 is 0 Å². The topological polar surface area (TPSA) is 46.3 Å². The van der Waals surface area contributed by atoms with Crippen LogP contribution in [0.3, 0.4) is 0 Å². The normalized spacial score (nSPS) is 12.5. The number of nitrogens with zero attached hydrogens (tertiary/aromatic N) is 1. The largest absolute Gasteiger partial charge is 0.330 e. The van der Waals surface area contributed by atoms with Crippen LogP contribution in [0, 0.1) is 18.8 Å². The predicted molar refractivity (Wildman–Crippen MR) is 81.2 cm³/mol. The van der Waals surface area contributed by atoms with E-state index >= 15 is 0 Å². The van der Waals surface area contributed by atoms with Crippen molar-refractivity contribution in [3.8, 4) is 0 Å². The van der Waals surface area contributed by atoms with Gasteiger partial charge in [-0.05, 0) is 38.3 Å². The van der Waals surface area contributed by atoms with Crippen molar-refractivity contribution in [3.63, 3.8) is 0 Å². The lowest BCUT2D eigenvalue weighted by Gasteiger charge is -2.26. The first kappa shape index (κ1) is 15.7. The Hall–Kier alpha value is -1.35. The second-order valence-electron chi connectivity index (χ2n) is 5.48. The molecule has 0 saturated carbocycles. The zero-order valence-electron chi connectivity index (χ0n) is 12.5. The lowest BCUT2D eigenvalue weighted by Crippen LogP contribution is -2.39. The molecule has 0 radical (unpaired) electrons. The van der Waals surface area contributed by atoms with Crippen molar-refractivity contribution < 1.29 is 4.79 Å². The highest BCUT2D eigenvalue weighted by atomic mass is 16.2. The standard InChI is InChI=1S/C16H26N2O/c1-5-18(15-8-6-13(4)7-9-15)16(19)14(11-17)10-12(2)3/h6-9,12,14H,5,10-11,17H2,1-4H3. The van der Waals surface area contributed by atoms with E-state index in [1.807, 2.05) is 43.0 Å². The summed E-state index contributed by atoms with van der Waals surface area (Å²) in [4.78, 5) is 14.4. The predicted octanol–water partition coefficient (Wildman–Crippen LogP) is 2.97. The van der Waals surface area contributed by atoms with Gasteiger partial charge in [0.05, 0.1) is 5.92 Å². The molecule has 1 amide bonds. The molecule has 0 aliphatic heterocycles. The fraction of sp³-hybridized carbons (Fsp3) is 0.562. The molecule has 106 valence electrons. The Labute approximate surface area is 116 Å². The molecular weight excluding hydrogens is 236 g/mol.